The van der Waals surface area contributed by atoms with Gasteiger partial charge in [-0.25, -0.2) is 4.79 Å². The molecule has 1 N–H and O–H groups in total. The molecule has 1 unspecified atom stereocenters. The summed E-state index contributed by atoms with van der Waals surface area (Å²) in [5.74, 6) is -0.278. The van der Waals surface area contributed by atoms with E-state index in [1.54, 1.807) is 11.8 Å². The molecule has 0 aliphatic carbocycles. The fourth-order valence-corrected chi connectivity index (χ4v) is 2.09. The topological polar surface area (TPSA) is 58.6 Å². The summed E-state index contributed by atoms with van der Waals surface area (Å²) in [7, 11) is 0. The zero-order chi connectivity index (χ0) is 16.5. The van der Waals surface area contributed by atoms with E-state index in [1.807, 2.05) is 45.0 Å². The monoisotopic (exact) mass is 306 g/mol. The highest BCUT2D eigenvalue weighted by Crippen LogP contribution is 2.15. The Kier molecular flexibility index (Phi) is 7.43. The molecule has 0 heterocycles. The largest absolute Gasteiger partial charge is 0.466 e. The van der Waals surface area contributed by atoms with Gasteiger partial charge in [0.1, 0.15) is 0 Å². The number of nitrogens with one attached hydrogen (secondary N) is 1. The molecule has 0 aliphatic heterocycles. The minimum absolute atomic E-state index is 0.0541. The first-order valence-corrected chi connectivity index (χ1v) is 7.78. The third kappa shape index (κ3) is 5.39. The number of rotatable bonds is 7. The molecule has 22 heavy (non-hydrogen) atoms. The van der Waals surface area contributed by atoms with Gasteiger partial charge in [-0.1, -0.05) is 25.1 Å². The van der Waals surface area contributed by atoms with Gasteiger partial charge in [-0.05, 0) is 38.8 Å². The van der Waals surface area contributed by atoms with E-state index in [-0.39, 0.29) is 24.5 Å². The lowest BCUT2D eigenvalue weighted by molar-refractivity contribution is -0.143. The second-order valence-corrected chi connectivity index (χ2v) is 5.25. The number of carbonyl (C=O) groups is 2. The van der Waals surface area contributed by atoms with Crippen LogP contribution in [0.25, 0.3) is 0 Å². The molecule has 1 aromatic rings. The summed E-state index contributed by atoms with van der Waals surface area (Å²) < 4.78 is 4.93. The van der Waals surface area contributed by atoms with Crippen LogP contribution in [-0.4, -0.2) is 36.1 Å². The van der Waals surface area contributed by atoms with E-state index in [9.17, 15) is 9.59 Å². The van der Waals surface area contributed by atoms with Gasteiger partial charge in [-0.2, -0.15) is 0 Å². The van der Waals surface area contributed by atoms with Crippen molar-refractivity contribution in [3.8, 4) is 0 Å². The molecule has 2 amide bonds. The van der Waals surface area contributed by atoms with Crippen LogP contribution in [0.3, 0.4) is 0 Å². The number of para-hydroxylation sites is 1. The lowest BCUT2D eigenvalue weighted by Crippen LogP contribution is -2.42. The molecule has 0 fully saturated rings. The molecule has 5 nitrogen and oxygen atoms in total. The fourth-order valence-electron chi connectivity index (χ4n) is 2.09. The van der Waals surface area contributed by atoms with Crippen LogP contribution in [-0.2, 0) is 9.53 Å². The van der Waals surface area contributed by atoms with Gasteiger partial charge >= 0.3 is 12.0 Å². The normalized spacial score (nSPS) is 11.6. The highest BCUT2D eigenvalue weighted by molar-refractivity contribution is 5.90. The lowest BCUT2D eigenvalue weighted by Gasteiger charge is -2.28. The molecule has 0 saturated carbocycles. The number of hydrogen-bond donors (Lipinski definition) is 1. The summed E-state index contributed by atoms with van der Waals surface area (Å²) in [6, 6.07) is 7.49. The maximum atomic E-state index is 12.5. The van der Waals surface area contributed by atoms with Gasteiger partial charge in [-0.3, -0.25) is 4.79 Å². The zero-order valence-electron chi connectivity index (χ0n) is 13.9. The summed E-state index contributed by atoms with van der Waals surface area (Å²) in [6.07, 6.45) is 1.03. The minimum Gasteiger partial charge on any atom is -0.466 e. The van der Waals surface area contributed by atoms with E-state index in [0.29, 0.717) is 13.2 Å². The van der Waals surface area contributed by atoms with Crippen LogP contribution in [0.1, 0.15) is 39.2 Å². The average molecular weight is 306 g/mol. The quantitative estimate of drug-likeness (QED) is 0.783. The van der Waals surface area contributed by atoms with Crippen molar-refractivity contribution in [3.05, 3.63) is 29.8 Å². The Morgan fingerprint density at radius 2 is 1.95 bits per heavy atom. The molecule has 0 spiro atoms. The third-order valence-electron chi connectivity index (χ3n) is 3.63. The zero-order valence-corrected chi connectivity index (χ0v) is 13.9. The molecule has 122 valence electrons. The molecule has 1 aromatic carbocycles. The van der Waals surface area contributed by atoms with Gasteiger partial charge in [0.25, 0.3) is 0 Å². The number of esters is 1. The Morgan fingerprint density at radius 3 is 2.55 bits per heavy atom. The van der Waals surface area contributed by atoms with Gasteiger partial charge in [0.05, 0.1) is 13.0 Å². The van der Waals surface area contributed by atoms with E-state index < -0.39 is 0 Å². The fraction of sp³-hybridized carbons (Fsp3) is 0.529. The number of urea groups is 1. The first-order chi connectivity index (χ1) is 10.5. The van der Waals surface area contributed by atoms with Crippen LogP contribution in [0, 0.1) is 6.92 Å². The summed E-state index contributed by atoms with van der Waals surface area (Å²) in [6.45, 7) is 8.42. The molecule has 0 aliphatic rings. The standard InChI is InChI=1S/C17H26N2O3/c1-5-14(4)19(12-11-16(20)22-6-2)17(21)18-15-10-8-7-9-13(15)3/h7-10,14H,5-6,11-12H2,1-4H3,(H,18,21). The summed E-state index contributed by atoms with van der Waals surface area (Å²) in [4.78, 5) is 25.7. The number of ether oxygens (including phenoxy) is 1. The number of carbonyl (C=O) groups excluding carboxylic acids is 2. The van der Waals surface area contributed by atoms with Crippen LogP contribution in [0.5, 0.6) is 0 Å². The van der Waals surface area contributed by atoms with Crippen LogP contribution < -0.4 is 5.32 Å². The number of amides is 2. The Labute approximate surface area is 132 Å². The third-order valence-corrected chi connectivity index (χ3v) is 3.63. The second kappa shape index (κ2) is 9.07. The van der Waals surface area contributed by atoms with Gasteiger partial charge in [0.15, 0.2) is 0 Å². The maximum Gasteiger partial charge on any atom is 0.322 e. The van der Waals surface area contributed by atoms with E-state index >= 15 is 0 Å². The van der Waals surface area contributed by atoms with Crippen molar-refractivity contribution in [2.24, 2.45) is 0 Å². The molecule has 1 atom stereocenters. The van der Waals surface area contributed by atoms with E-state index in [1.165, 1.54) is 0 Å². The summed E-state index contributed by atoms with van der Waals surface area (Å²) in [5.41, 5.74) is 1.79. The summed E-state index contributed by atoms with van der Waals surface area (Å²) >= 11 is 0. The molecule has 0 aromatic heterocycles. The van der Waals surface area contributed by atoms with Crippen LogP contribution in [0.15, 0.2) is 24.3 Å². The minimum atomic E-state index is -0.278. The number of nitrogens with zero attached hydrogens (tertiary/aromatic N) is 1. The highest BCUT2D eigenvalue weighted by atomic mass is 16.5. The van der Waals surface area contributed by atoms with Crippen molar-refractivity contribution < 1.29 is 14.3 Å². The van der Waals surface area contributed by atoms with Crippen LogP contribution in [0.4, 0.5) is 10.5 Å². The van der Waals surface area contributed by atoms with E-state index in [4.69, 9.17) is 4.74 Å². The molecule has 0 saturated heterocycles. The predicted molar refractivity (Wildman–Crippen MR) is 87.9 cm³/mol. The molecule has 0 radical (unpaired) electrons. The molecule has 0 bridgehead atoms. The number of anilines is 1. The lowest BCUT2D eigenvalue weighted by atomic mass is 10.2. The SMILES string of the molecule is CCOC(=O)CCN(C(=O)Nc1ccccc1C)C(C)CC. The Morgan fingerprint density at radius 1 is 1.27 bits per heavy atom. The number of hydrogen-bond acceptors (Lipinski definition) is 3. The van der Waals surface area contributed by atoms with Gasteiger partial charge in [0, 0.05) is 18.3 Å². The van der Waals surface area contributed by atoms with Crippen molar-refractivity contribution in [2.75, 3.05) is 18.5 Å². The second-order valence-electron chi connectivity index (χ2n) is 5.25. The molecular formula is C17H26N2O3. The Balaban J connectivity index is 2.72. The van der Waals surface area contributed by atoms with Crippen LogP contribution >= 0.6 is 0 Å². The molecule has 1 rings (SSSR count). The van der Waals surface area contributed by atoms with Crippen molar-refractivity contribution in [1.29, 1.82) is 0 Å². The van der Waals surface area contributed by atoms with Crippen LogP contribution in [0.2, 0.25) is 0 Å². The molecular weight excluding hydrogens is 280 g/mol. The van der Waals surface area contributed by atoms with Crippen molar-refractivity contribution >= 4 is 17.7 Å². The van der Waals surface area contributed by atoms with Gasteiger partial charge < -0.3 is 15.0 Å². The maximum absolute atomic E-state index is 12.5. The highest BCUT2D eigenvalue weighted by Gasteiger charge is 2.20. The van der Waals surface area contributed by atoms with Crippen molar-refractivity contribution in [1.82, 2.24) is 4.90 Å². The van der Waals surface area contributed by atoms with E-state index in [2.05, 4.69) is 5.32 Å². The number of benzene rings is 1. The Hall–Kier alpha value is -2.04. The van der Waals surface area contributed by atoms with E-state index in [0.717, 1.165) is 17.7 Å². The van der Waals surface area contributed by atoms with Crippen molar-refractivity contribution in [2.45, 2.75) is 46.6 Å². The molecule has 5 heteroatoms. The van der Waals surface area contributed by atoms with Gasteiger partial charge in [0.2, 0.25) is 0 Å². The average Bonchev–Trinajstić information content (AvgIpc) is 2.49. The number of aryl methyl sites for hydroxylation is 1. The van der Waals surface area contributed by atoms with Crippen molar-refractivity contribution in [3.63, 3.8) is 0 Å². The predicted octanol–water partition coefficient (Wildman–Crippen LogP) is 3.58. The first-order valence-electron chi connectivity index (χ1n) is 7.78. The first kappa shape index (κ1) is 18.0. The van der Waals surface area contributed by atoms with Gasteiger partial charge in [-0.15, -0.1) is 0 Å². The summed E-state index contributed by atoms with van der Waals surface area (Å²) in [5, 5.41) is 2.92. The Bertz CT molecular complexity index is 502. The smallest absolute Gasteiger partial charge is 0.322 e.